The summed E-state index contributed by atoms with van der Waals surface area (Å²) in [6.07, 6.45) is 5.40. The van der Waals surface area contributed by atoms with Crippen LogP contribution in [0.4, 0.5) is 5.69 Å². The van der Waals surface area contributed by atoms with Crippen LogP contribution in [0.25, 0.3) is 0 Å². The number of nitrogens with one attached hydrogen (secondary N) is 1. The van der Waals surface area contributed by atoms with Gasteiger partial charge in [-0.15, -0.1) is 0 Å². The quantitative estimate of drug-likeness (QED) is 0.881. The van der Waals surface area contributed by atoms with Crippen LogP contribution in [0.3, 0.4) is 0 Å². The lowest BCUT2D eigenvalue weighted by Crippen LogP contribution is -2.31. The van der Waals surface area contributed by atoms with E-state index in [1.807, 2.05) is 29.2 Å². The standard InChI is InChI=1S/C22H26N2O2/c1-2-17-9-5-6-10-20(17)23-21(25)18-11-13-19(14-12-18)22(26)24-15-7-3-4-8-16-24/h5-6,9-14H,2-4,7-8,15-16H2,1H3,(H,23,25). The predicted molar refractivity (Wildman–Crippen MR) is 105 cm³/mol. The topological polar surface area (TPSA) is 49.4 Å². The summed E-state index contributed by atoms with van der Waals surface area (Å²) in [5.74, 6) is -0.0881. The molecule has 0 aromatic heterocycles. The fourth-order valence-electron chi connectivity index (χ4n) is 3.37. The van der Waals surface area contributed by atoms with Gasteiger partial charge in [-0.25, -0.2) is 0 Å². The molecule has 2 aromatic rings. The zero-order valence-corrected chi connectivity index (χ0v) is 15.3. The van der Waals surface area contributed by atoms with Crippen molar-refractivity contribution in [1.29, 1.82) is 0 Å². The van der Waals surface area contributed by atoms with Crippen molar-refractivity contribution < 1.29 is 9.59 Å². The average Bonchev–Trinajstić information content (AvgIpc) is 2.97. The van der Waals surface area contributed by atoms with E-state index in [-0.39, 0.29) is 11.8 Å². The first-order valence-corrected chi connectivity index (χ1v) is 9.47. The average molecular weight is 350 g/mol. The van der Waals surface area contributed by atoms with Crippen LogP contribution in [-0.4, -0.2) is 29.8 Å². The molecular weight excluding hydrogens is 324 g/mol. The molecule has 0 bridgehead atoms. The molecule has 1 aliphatic heterocycles. The number of anilines is 1. The van der Waals surface area contributed by atoms with Crippen LogP contribution in [0.1, 0.15) is 58.9 Å². The maximum absolute atomic E-state index is 12.6. The van der Waals surface area contributed by atoms with E-state index < -0.39 is 0 Å². The van der Waals surface area contributed by atoms with E-state index in [1.165, 1.54) is 12.8 Å². The van der Waals surface area contributed by atoms with Crippen molar-refractivity contribution in [3.05, 3.63) is 65.2 Å². The summed E-state index contributed by atoms with van der Waals surface area (Å²) < 4.78 is 0. The Morgan fingerprint density at radius 1 is 0.885 bits per heavy atom. The second-order valence-electron chi connectivity index (χ2n) is 6.75. The number of benzene rings is 2. The Hall–Kier alpha value is -2.62. The highest BCUT2D eigenvalue weighted by molar-refractivity contribution is 6.05. The molecule has 0 atom stereocenters. The lowest BCUT2D eigenvalue weighted by atomic mass is 10.1. The maximum atomic E-state index is 12.6. The SMILES string of the molecule is CCc1ccccc1NC(=O)c1ccc(C(=O)N2CCCCCC2)cc1. The first-order chi connectivity index (χ1) is 12.7. The summed E-state index contributed by atoms with van der Waals surface area (Å²) in [6.45, 7) is 3.72. The summed E-state index contributed by atoms with van der Waals surface area (Å²) in [6, 6.07) is 14.8. The molecule has 1 aliphatic rings. The van der Waals surface area contributed by atoms with E-state index in [2.05, 4.69) is 12.2 Å². The highest BCUT2D eigenvalue weighted by Crippen LogP contribution is 2.18. The number of carbonyl (C=O) groups is 2. The molecule has 1 heterocycles. The van der Waals surface area contributed by atoms with Gasteiger partial charge in [-0.2, -0.15) is 0 Å². The van der Waals surface area contributed by atoms with Crippen molar-refractivity contribution in [3.8, 4) is 0 Å². The fraction of sp³-hybridized carbons (Fsp3) is 0.364. The lowest BCUT2D eigenvalue weighted by Gasteiger charge is -2.20. The summed E-state index contributed by atoms with van der Waals surface area (Å²) in [4.78, 5) is 27.1. The monoisotopic (exact) mass is 350 g/mol. The number of rotatable bonds is 4. The molecule has 4 nitrogen and oxygen atoms in total. The third kappa shape index (κ3) is 4.31. The highest BCUT2D eigenvalue weighted by Gasteiger charge is 2.17. The minimum Gasteiger partial charge on any atom is -0.339 e. The number of hydrogen-bond donors (Lipinski definition) is 1. The predicted octanol–water partition coefficient (Wildman–Crippen LogP) is 4.52. The smallest absolute Gasteiger partial charge is 0.255 e. The van der Waals surface area contributed by atoms with Gasteiger partial charge in [0.15, 0.2) is 0 Å². The number of likely N-dealkylation sites (tertiary alicyclic amines) is 1. The van der Waals surface area contributed by atoms with Crippen LogP contribution in [0.2, 0.25) is 0 Å². The van der Waals surface area contributed by atoms with Gasteiger partial charge >= 0.3 is 0 Å². The first-order valence-electron chi connectivity index (χ1n) is 9.47. The molecule has 0 aliphatic carbocycles. The molecule has 0 saturated carbocycles. The number of hydrogen-bond acceptors (Lipinski definition) is 2. The second kappa shape index (κ2) is 8.65. The number of amides is 2. The molecule has 4 heteroatoms. The van der Waals surface area contributed by atoms with Crippen molar-refractivity contribution in [3.63, 3.8) is 0 Å². The Morgan fingerprint density at radius 3 is 2.15 bits per heavy atom. The van der Waals surface area contributed by atoms with Crippen LogP contribution in [0, 0.1) is 0 Å². The molecule has 0 unspecified atom stereocenters. The van der Waals surface area contributed by atoms with Gasteiger partial charge in [0.05, 0.1) is 0 Å². The number of carbonyl (C=O) groups excluding carboxylic acids is 2. The molecule has 0 spiro atoms. The summed E-state index contributed by atoms with van der Waals surface area (Å²) in [7, 11) is 0. The Morgan fingerprint density at radius 2 is 1.50 bits per heavy atom. The van der Waals surface area contributed by atoms with Gasteiger partial charge in [0, 0.05) is 29.9 Å². The van der Waals surface area contributed by atoms with E-state index in [0.717, 1.165) is 43.6 Å². The lowest BCUT2D eigenvalue weighted by molar-refractivity contribution is 0.0761. The Balaban J connectivity index is 1.68. The number of para-hydroxylation sites is 1. The zero-order chi connectivity index (χ0) is 18.4. The largest absolute Gasteiger partial charge is 0.339 e. The Labute approximate surface area is 155 Å². The molecule has 136 valence electrons. The molecule has 3 rings (SSSR count). The van der Waals surface area contributed by atoms with Crippen molar-refractivity contribution in [2.75, 3.05) is 18.4 Å². The molecule has 1 fully saturated rings. The number of aryl methyl sites for hydroxylation is 1. The summed E-state index contributed by atoms with van der Waals surface area (Å²) in [5, 5.41) is 2.96. The van der Waals surface area contributed by atoms with Gasteiger partial charge in [0.2, 0.25) is 0 Å². The molecule has 2 aromatic carbocycles. The zero-order valence-electron chi connectivity index (χ0n) is 15.3. The molecule has 1 saturated heterocycles. The van der Waals surface area contributed by atoms with Gasteiger partial charge in [-0.3, -0.25) is 9.59 Å². The van der Waals surface area contributed by atoms with E-state index in [4.69, 9.17) is 0 Å². The molecule has 26 heavy (non-hydrogen) atoms. The van der Waals surface area contributed by atoms with Gasteiger partial charge in [-0.1, -0.05) is 38.0 Å². The third-order valence-electron chi connectivity index (χ3n) is 4.93. The van der Waals surface area contributed by atoms with Crippen molar-refractivity contribution in [2.24, 2.45) is 0 Å². The van der Waals surface area contributed by atoms with Crippen molar-refractivity contribution in [2.45, 2.75) is 39.0 Å². The van der Waals surface area contributed by atoms with Crippen LogP contribution < -0.4 is 5.32 Å². The fourth-order valence-corrected chi connectivity index (χ4v) is 3.37. The Bertz CT molecular complexity index is 760. The van der Waals surface area contributed by atoms with Gasteiger partial charge in [0.1, 0.15) is 0 Å². The van der Waals surface area contributed by atoms with Gasteiger partial charge < -0.3 is 10.2 Å². The van der Waals surface area contributed by atoms with Crippen LogP contribution in [-0.2, 0) is 6.42 Å². The van der Waals surface area contributed by atoms with Crippen LogP contribution in [0.5, 0.6) is 0 Å². The molecule has 2 amide bonds. The minimum atomic E-state index is -0.153. The van der Waals surface area contributed by atoms with E-state index in [1.54, 1.807) is 24.3 Å². The van der Waals surface area contributed by atoms with Gasteiger partial charge in [0.25, 0.3) is 11.8 Å². The van der Waals surface area contributed by atoms with Gasteiger partial charge in [-0.05, 0) is 55.2 Å². The number of nitrogens with zero attached hydrogens (tertiary/aromatic N) is 1. The van der Waals surface area contributed by atoms with Crippen LogP contribution in [0.15, 0.2) is 48.5 Å². The minimum absolute atomic E-state index is 0.0650. The second-order valence-corrected chi connectivity index (χ2v) is 6.75. The van der Waals surface area contributed by atoms with Crippen molar-refractivity contribution >= 4 is 17.5 Å². The first kappa shape index (κ1) is 18.2. The van der Waals surface area contributed by atoms with Crippen molar-refractivity contribution in [1.82, 2.24) is 4.90 Å². The summed E-state index contributed by atoms with van der Waals surface area (Å²) >= 11 is 0. The van der Waals surface area contributed by atoms with E-state index in [9.17, 15) is 9.59 Å². The molecule has 1 N–H and O–H groups in total. The third-order valence-corrected chi connectivity index (χ3v) is 4.93. The maximum Gasteiger partial charge on any atom is 0.255 e. The van der Waals surface area contributed by atoms with Crippen LogP contribution >= 0.6 is 0 Å². The van der Waals surface area contributed by atoms with E-state index in [0.29, 0.717) is 11.1 Å². The normalized spacial score (nSPS) is 14.6. The molecular formula is C22H26N2O2. The Kier molecular flexibility index (Phi) is 6.05. The highest BCUT2D eigenvalue weighted by atomic mass is 16.2. The summed E-state index contributed by atoms with van der Waals surface area (Å²) in [5.41, 5.74) is 3.15. The van der Waals surface area contributed by atoms with E-state index >= 15 is 0 Å². The molecule has 0 radical (unpaired) electrons.